The molecule has 0 radical (unpaired) electrons. The Morgan fingerprint density at radius 1 is 1.12 bits per heavy atom. The van der Waals surface area contributed by atoms with Gasteiger partial charge in [-0.05, 0) is 32.0 Å². The van der Waals surface area contributed by atoms with Gasteiger partial charge in [0, 0.05) is 38.4 Å². The van der Waals surface area contributed by atoms with Crippen LogP contribution < -0.4 is 4.74 Å². The lowest BCUT2D eigenvalue weighted by molar-refractivity contribution is 0.0195. The van der Waals surface area contributed by atoms with E-state index in [0.717, 1.165) is 36.2 Å². The summed E-state index contributed by atoms with van der Waals surface area (Å²) in [4.78, 5) is 2.10. The maximum absolute atomic E-state index is 14.4. The van der Waals surface area contributed by atoms with E-state index in [1.54, 1.807) is 11.7 Å². The molecule has 6 nitrogen and oxygen atoms in total. The lowest BCUT2D eigenvalue weighted by Crippen LogP contribution is -2.35. The average Bonchev–Trinajstić information content (AvgIpc) is 3.10. The number of hydrogen-bond acceptors (Lipinski definition) is 5. The van der Waals surface area contributed by atoms with Crippen molar-refractivity contribution in [2.75, 3.05) is 26.3 Å². The second kappa shape index (κ2) is 11.9. The number of benzene rings is 2. The van der Waals surface area contributed by atoms with Crippen molar-refractivity contribution in [1.29, 1.82) is 0 Å². The van der Waals surface area contributed by atoms with E-state index in [1.807, 2.05) is 37.3 Å². The smallest absolute Gasteiger partial charge is 0.222 e. The van der Waals surface area contributed by atoms with Crippen molar-refractivity contribution >= 4 is 0 Å². The van der Waals surface area contributed by atoms with E-state index in [1.165, 1.54) is 6.07 Å². The molecule has 0 amide bonds. The molecule has 0 unspecified atom stereocenters. The first-order valence-corrected chi connectivity index (χ1v) is 11.1. The molecule has 0 saturated heterocycles. The maximum atomic E-state index is 14.4. The number of aryl methyl sites for hydroxylation is 1. The summed E-state index contributed by atoms with van der Waals surface area (Å²) >= 11 is 0. The highest BCUT2D eigenvalue weighted by atomic mass is 19.1. The van der Waals surface area contributed by atoms with E-state index in [4.69, 9.17) is 9.47 Å². The predicted molar refractivity (Wildman–Crippen MR) is 123 cm³/mol. The molecule has 1 heterocycles. The second-order valence-corrected chi connectivity index (χ2v) is 7.85. The molecule has 2 aromatic carbocycles. The minimum atomic E-state index is -0.791. The zero-order valence-corrected chi connectivity index (χ0v) is 19.3. The minimum absolute atomic E-state index is 0.0846. The lowest BCUT2D eigenvalue weighted by atomic mass is 10.1. The van der Waals surface area contributed by atoms with E-state index in [9.17, 15) is 13.9 Å². The molecule has 0 aliphatic rings. The van der Waals surface area contributed by atoms with Gasteiger partial charge in [-0.2, -0.15) is 5.10 Å². The van der Waals surface area contributed by atoms with Crippen molar-refractivity contribution in [3.63, 3.8) is 0 Å². The van der Waals surface area contributed by atoms with Gasteiger partial charge in [0.05, 0.1) is 18.3 Å². The van der Waals surface area contributed by atoms with Crippen LogP contribution in [0.25, 0.3) is 11.3 Å². The summed E-state index contributed by atoms with van der Waals surface area (Å²) in [5.41, 5.74) is 2.35. The molecule has 0 aliphatic carbocycles. The third kappa shape index (κ3) is 6.60. The Labute approximate surface area is 193 Å². The molecule has 1 atom stereocenters. The molecule has 0 saturated carbocycles. The van der Waals surface area contributed by atoms with E-state index in [-0.39, 0.29) is 12.4 Å². The molecule has 1 N–H and O–H groups in total. The first kappa shape index (κ1) is 24.8. The van der Waals surface area contributed by atoms with Gasteiger partial charge in [0.2, 0.25) is 5.88 Å². The monoisotopic (exact) mass is 459 g/mol. The lowest BCUT2D eigenvalue weighted by Gasteiger charge is -2.25. The molecule has 0 bridgehead atoms. The van der Waals surface area contributed by atoms with Crippen LogP contribution in [0.4, 0.5) is 8.78 Å². The summed E-state index contributed by atoms with van der Waals surface area (Å²) in [5.74, 6) is -1.19. The number of hydrogen-bond donors (Lipinski definition) is 1. The number of halogens is 2. The number of aromatic nitrogens is 2. The molecular weight excluding hydrogens is 428 g/mol. The topological polar surface area (TPSA) is 59.8 Å². The molecule has 0 aliphatic heterocycles. The summed E-state index contributed by atoms with van der Waals surface area (Å²) in [6, 6.07) is 12.9. The Bertz CT molecular complexity index is 1030. The van der Waals surface area contributed by atoms with Gasteiger partial charge in [0.1, 0.15) is 11.5 Å². The maximum Gasteiger partial charge on any atom is 0.222 e. The van der Waals surface area contributed by atoms with Crippen molar-refractivity contribution in [1.82, 2.24) is 14.7 Å². The Balaban J connectivity index is 1.98. The molecule has 0 spiro atoms. The molecule has 178 valence electrons. The highest BCUT2D eigenvalue weighted by molar-refractivity contribution is 5.65. The first-order valence-electron chi connectivity index (χ1n) is 11.1. The zero-order chi connectivity index (χ0) is 23.8. The van der Waals surface area contributed by atoms with Crippen LogP contribution in [0, 0.1) is 11.6 Å². The highest BCUT2D eigenvalue weighted by Crippen LogP contribution is 2.35. The van der Waals surface area contributed by atoms with Gasteiger partial charge in [-0.3, -0.25) is 4.90 Å². The third-order valence-corrected chi connectivity index (χ3v) is 5.14. The molecular formula is C25H31F2N3O3. The van der Waals surface area contributed by atoms with Crippen LogP contribution in [0.3, 0.4) is 0 Å². The Hall–Kier alpha value is -2.81. The van der Waals surface area contributed by atoms with Gasteiger partial charge < -0.3 is 14.6 Å². The van der Waals surface area contributed by atoms with Crippen LogP contribution >= 0.6 is 0 Å². The first-order chi connectivity index (χ1) is 15.9. The Kier molecular flexibility index (Phi) is 8.94. The van der Waals surface area contributed by atoms with Crippen molar-refractivity contribution in [3.8, 4) is 22.9 Å². The molecule has 8 heteroatoms. The third-order valence-electron chi connectivity index (χ3n) is 5.14. The fourth-order valence-electron chi connectivity index (χ4n) is 3.69. The van der Waals surface area contributed by atoms with E-state index in [2.05, 4.69) is 16.9 Å². The second-order valence-electron chi connectivity index (χ2n) is 7.85. The normalized spacial score (nSPS) is 12.3. The molecule has 0 fully saturated rings. The predicted octanol–water partition coefficient (Wildman–Crippen LogP) is 4.77. The number of rotatable bonds is 12. The quantitative estimate of drug-likeness (QED) is 0.423. The molecule has 3 aromatic rings. The number of nitrogens with zero attached hydrogens (tertiary/aromatic N) is 3. The van der Waals surface area contributed by atoms with Gasteiger partial charge in [0.15, 0.2) is 11.6 Å². The molecule has 1 aromatic heterocycles. The van der Waals surface area contributed by atoms with E-state index < -0.39 is 17.7 Å². The van der Waals surface area contributed by atoms with Gasteiger partial charge >= 0.3 is 0 Å². The van der Waals surface area contributed by atoms with Crippen LogP contribution in [0.2, 0.25) is 0 Å². The van der Waals surface area contributed by atoms with Crippen LogP contribution in [0.15, 0.2) is 48.5 Å². The zero-order valence-electron chi connectivity index (χ0n) is 19.3. The van der Waals surface area contributed by atoms with Crippen LogP contribution in [-0.2, 0) is 18.3 Å². The summed E-state index contributed by atoms with van der Waals surface area (Å²) < 4.78 is 40.6. The summed E-state index contributed by atoms with van der Waals surface area (Å²) in [7, 11) is 1.72. The van der Waals surface area contributed by atoms with E-state index in [0.29, 0.717) is 31.3 Å². The summed E-state index contributed by atoms with van der Waals surface area (Å²) in [6.45, 7) is 6.29. The van der Waals surface area contributed by atoms with Crippen LogP contribution in [0.5, 0.6) is 11.6 Å². The van der Waals surface area contributed by atoms with Gasteiger partial charge in [0.25, 0.3) is 0 Å². The highest BCUT2D eigenvalue weighted by Gasteiger charge is 2.24. The van der Waals surface area contributed by atoms with Crippen LogP contribution in [-0.4, -0.2) is 52.2 Å². The molecule has 33 heavy (non-hydrogen) atoms. The minimum Gasteiger partial charge on any atom is -0.436 e. The van der Waals surface area contributed by atoms with Gasteiger partial charge in [-0.15, -0.1) is 0 Å². The standard InChI is InChI=1S/C25H31F2N3O3/c1-4-13-30(15-20(31)17-32-5-2)16-21-24(18-9-7-6-8-10-18)28-29(3)25(21)33-23-12-11-19(26)14-22(23)27/h6-12,14,20,31H,4-5,13,15-17H2,1-3H3/t20-/m0/s1. The largest absolute Gasteiger partial charge is 0.436 e. The van der Waals surface area contributed by atoms with Gasteiger partial charge in [-0.25, -0.2) is 13.5 Å². The van der Waals surface area contributed by atoms with Gasteiger partial charge in [-0.1, -0.05) is 37.3 Å². The van der Waals surface area contributed by atoms with Crippen molar-refractivity contribution < 1.29 is 23.4 Å². The van der Waals surface area contributed by atoms with Crippen molar-refractivity contribution in [3.05, 3.63) is 65.7 Å². The summed E-state index contributed by atoms with van der Waals surface area (Å²) in [6.07, 6.45) is 0.234. The SMILES string of the molecule is CCCN(Cc1c(-c2ccccc2)nn(C)c1Oc1ccc(F)cc1F)C[C@H](O)COCC. The molecule has 3 rings (SSSR count). The fraction of sp³-hybridized carbons (Fsp3) is 0.400. The number of aliphatic hydroxyl groups is 1. The fourth-order valence-corrected chi connectivity index (χ4v) is 3.69. The summed E-state index contributed by atoms with van der Waals surface area (Å²) in [5, 5.41) is 15.1. The number of ether oxygens (including phenoxy) is 2. The Morgan fingerprint density at radius 3 is 2.55 bits per heavy atom. The van der Waals surface area contributed by atoms with Crippen molar-refractivity contribution in [2.24, 2.45) is 7.05 Å². The van der Waals surface area contributed by atoms with Crippen molar-refractivity contribution in [2.45, 2.75) is 32.9 Å². The average molecular weight is 460 g/mol. The number of aliphatic hydroxyl groups excluding tert-OH is 1. The van der Waals surface area contributed by atoms with Crippen LogP contribution in [0.1, 0.15) is 25.8 Å². The van der Waals surface area contributed by atoms with E-state index >= 15 is 0 Å². The Morgan fingerprint density at radius 2 is 1.88 bits per heavy atom.